The number of fused-ring (bicyclic) bond motifs is 1. The van der Waals surface area contributed by atoms with Crippen LogP contribution in [-0.4, -0.2) is 31.4 Å². The van der Waals surface area contributed by atoms with Crippen molar-refractivity contribution in [2.75, 3.05) is 9.62 Å². The van der Waals surface area contributed by atoms with Crippen LogP contribution in [0.5, 0.6) is 0 Å². The fourth-order valence-electron chi connectivity index (χ4n) is 3.15. The maximum Gasteiger partial charge on any atom is 0.335 e. The van der Waals surface area contributed by atoms with E-state index in [-0.39, 0.29) is 28.1 Å². The second-order valence-electron chi connectivity index (χ2n) is 6.22. The molecule has 0 saturated carbocycles. The van der Waals surface area contributed by atoms with Crippen molar-refractivity contribution in [1.82, 2.24) is 0 Å². The number of carboxylic acids is 1. The maximum absolute atomic E-state index is 12.6. The first kappa shape index (κ1) is 17.9. The molecule has 8 heteroatoms. The predicted molar refractivity (Wildman–Crippen MR) is 97.0 cm³/mol. The molecular weight excluding hydrogens is 356 g/mol. The number of carboxylic acid groups (broad SMARTS) is 1. The lowest BCUT2D eigenvalue weighted by atomic mass is 10.1. The normalized spacial score (nSPS) is 16.2. The van der Waals surface area contributed by atoms with Gasteiger partial charge in [0.25, 0.3) is 10.0 Å². The first-order chi connectivity index (χ1) is 12.2. The fraction of sp³-hybridized carbons (Fsp3) is 0.222. The van der Waals surface area contributed by atoms with Crippen molar-refractivity contribution in [1.29, 1.82) is 0 Å². The van der Waals surface area contributed by atoms with Crippen LogP contribution in [0.2, 0.25) is 0 Å². The van der Waals surface area contributed by atoms with E-state index in [1.54, 1.807) is 17.0 Å². The fourth-order valence-corrected chi connectivity index (χ4v) is 4.26. The molecule has 0 radical (unpaired) electrons. The van der Waals surface area contributed by atoms with E-state index >= 15 is 0 Å². The molecule has 0 fully saturated rings. The molecule has 136 valence electrons. The Morgan fingerprint density at radius 1 is 1.15 bits per heavy atom. The van der Waals surface area contributed by atoms with Crippen LogP contribution in [0, 0.1) is 0 Å². The summed E-state index contributed by atoms with van der Waals surface area (Å²) in [4.78, 5) is 24.4. The molecule has 0 spiro atoms. The average molecular weight is 374 g/mol. The molecule has 2 aromatic rings. The number of carbonyl (C=O) groups excluding carboxylic acids is 1. The van der Waals surface area contributed by atoms with Gasteiger partial charge in [0.15, 0.2) is 0 Å². The molecule has 7 nitrogen and oxygen atoms in total. The second kappa shape index (κ2) is 6.45. The first-order valence-electron chi connectivity index (χ1n) is 7.98. The molecule has 26 heavy (non-hydrogen) atoms. The molecule has 0 bridgehead atoms. The van der Waals surface area contributed by atoms with Crippen LogP contribution in [0.1, 0.15) is 29.8 Å². The monoisotopic (exact) mass is 374 g/mol. The van der Waals surface area contributed by atoms with Crippen molar-refractivity contribution in [2.24, 2.45) is 0 Å². The van der Waals surface area contributed by atoms with Gasteiger partial charge in [-0.2, -0.15) is 0 Å². The largest absolute Gasteiger partial charge is 0.478 e. The third kappa shape index (κ3) is 3.28. The molecule has 0 aliphatic carbocycles. The van der Waals surface area contributed by atoms with Gasteiger partial charge in [0.1, 0.15) is 0 Å². The van der Waals surface area contributed by atoms with E-state index in [1.165, 1.54) is 37.3 Å². The Balaban J connectivity index is 1.88. The van der Waals surface area contributed by atoms with Gasteiger partial charge in [0, 0.05) is 24.3 Å². The minimum absolute atomic E-state index is 0.0167. The smallest absolute Gasteiger partial charge is 0.335 e. The number of hydrogen-bond donors (Lipinski definition) is 2. The lowest BCUT2D eigenvalue weighted by Crippen LogP contribution is -2.33. The number of nitrogens with zero attached hydrogens (tertiary/aromatic N) is 1. The summed E-state index contributed by atoms with van der Waals surface area (Å²) in [5.41, 5.74) is 1.88. The number of nitrogens with one attached hydrogen (secondary N) is 1. The Morgan fingerprint density at radius 2 is 1.81 bits per heavy atom. The molecule has 2 N–H and O–H groups in total. The van der Waals surface area contributed by atoms with Gasteiger partial charge in [0.05, 0.1) is 10.5 Å². The number of sulfonamides is 1. The summed E-state index contributed by atoms with van der Waals surface area (Å²) >= 11 is 0. The Hall–Kier alpha value is -2.87. The van der Waals surface area contributed by atoms with Gasteiger partial charge in [-0.05, 0) is 61.4 Å². The number of hydrogen-bond acceptors (Lipinski definition) is 4. The van der Waals surface area contributed by atoms with Gasteiger partial charge >= 0.3 is 5.97 Å². The molecule has 1 aliphatic heterocycles. The second-order valence-corrected chi connectivity index (χ2v) is 7.90. The van der Waals surface area contributed by atoms with Gasteiger partial charge in [-0.3, -0.25) is 9.52 Å². The van der Waals surface area contributed by atoms with E-state index in [1.807, 2.05) is 6.92 Å². The van der Waals surface area contributed by atoms with E-state index in [2.05, 4.69) is 4.72 Å². The third-order valence-electron chi connectivity index (χ3n) is 4.30. The van der Waals surface area contributed by atoms with E-state index in [9.17, 15) is 18.0 Å². The predicted octanol–water partition coefficient (Wildman–Crippen LogP) is 2.48. The summed E-state index contributed by atoms with van der Waals surface area (Å²) in [6.45, 7) is 3.40. The highest BCUT2D eigenvalue weighted by Crippen LogP contribution is 2.34. The van der Waals surface area contributed by atoms with Crippen molar-refractivity contribution in [3.63, 3.8) is 0 Å². The van der Waals surface area contributed by atoms with E-state index in [4.69, 9.17) is 5.11 Å². The Kier molecular flexibility index (Phi) is 4.45. The third-order valence-corrected chi connectivity index (χ3v) is 5.68. The summed E-state index contributed by atoms with van der Waals surface area (Å²) in [5, 5.41) is 8.89. The van der Waals surface area contributed by atoms with E-state index in [0.29, 0.717) is 6.42 Å². The number of benzene rings is 2. The molecule has 1 heterocycles. The molecule has 3 rings (SSSR count). The van der Waals surface area contributed by atoms with Crippen molar-refractivity contribution in [2.45, 2.75) is 31.2 Å². The highest BCUT2D eigenvalue weighted by Gasteiger charge is 2.30. The standard InChI is InChI=1S/C18H18N2O5S/c1-11-9-14-10-16(7-8-17(14)20(11)12(2)21)26(24,25)19-15-5-3-13(4-6-15)18(22)23/h3-8,10-11,19H,9H2,1-2H3,(H,22,23)/t11-/m1/s1. The molecule has 0 saturated heterocycles. The zero-order valence-corrected chi connectivity index (χ0v) is 15.1. The van der Waals surface area contributed by atoms with Crippen LogP contribution in [0.15, 0.2) is 47.4 Å². The SMILES string of the molecule is CC(=O)N1c2ccc(S(=O)(=O)Nc3ccc(C(=O)O)cc3)cc2C[C@H]1C. The molecule has 1 atom stereocenters. The van der Waals surface area contributed by atoms with Gasteiger partial charge in [0.2, 0.25) is 5.91 Å². The van der Waals surface area contributed by atoms with Crippen LogP contribution in [-0.2, 0) is 21.2 Å². The van der Waals surface area contributed by atoms with Crippen LogP contribution >= 0.6 is 0 Å². The highest BCUT2D eigenvalue weighted by atomic mass is 32.2. The zero-order valence-electron chi connectivity index (χ0n) is 14.3. The summed E-state index contributed by atoms with van der Waals surface area (Å²) in [6, 6.07) is 10.1. The minimum Gasteiger partial charge on any atom is -0.478 e. The van der Waals surface area contributed by atoms with Gasteiger partial charge in [-0.25, -0.2) is 13.2 Å². The summed E-state index contributed by atoms with van der Waals surface area (Å²) < 4.78 is 27.7. The minimum atomic E-state index is -3.82. The van der Waals surface area contributed by atoms with Crippen molar-refractivity contribution in [3.8, 4) is 0 Å². The molecule has 0 aromatic heterocycles. The summed E-state index contributed by atoms with van der Waals surface area (Å²) in [7, 11) is -3.82. The topological polar surface area (TPSA) is 104 Å². The number of amides is 1. The summed E-state index contributed by atoms with van der Waals surface area (Å²) in [5.74, 6) is -1.16. The number of anilines is 2. The van der Waals surface area contributed by atoms with Crippen LogP contribution in [0.3, 0.4) is 0 Å². The molecule has 0 unspecified atom stereocenters. The van der Waals surface area contributed by atoms with Crippen molar-refractivity contribution in [3.05, 3.63) is 53.6 Å². The molecule has 2 aromatic carbocycles. The zero-order chi connectivity index (χ0) is 19.1. The van der Waals surface area contributed by atoms with Crippen LogP contribution in [0.4, 0.5) is 11.4 Å². The lowest BCUT2D eigenvalue weighted by Gasteiger charge is -2.20. The van der Waals surface area contributed by atoms with E-state index in [0.717, 1.165) is 11.3 Å². The number of aromatic carboxylic acids is 1. The maximum atomic E-state index is 12.6. The Bertz CT molecular complexity index is 983. The quantitative estimate of drug-likeness (QED) is 0.856. The van der Waals surface area contributed by atoms with Crippen LogP contribution in [0.25, 0.3) is 0 Å². The van der Waals surface area contributed by atoms with Gasteiger partial charge < -0.3 is 10.0 Å². The molecular formula is C18H18N2O5S. The molecule has 1 amide bonds. The Morgan fingerprint density at radius 3 is 2.38 bits per heavy atom. The first-order valence-corrected chi connectivity index (χ1v) is 9.46. The van der Waals surface area contributed by atoms with Gasteiger partial charge in [-0.15, -0.1) is 0 Å². The van der Waals surface area contributed by atoms with Crippen LogP contribution < -0.4 is 9.62 Å². The highest BCUT2D eigenvalue weighted by molar-refractivity contribution is 7.92. The number of carbonyl (C=O) groups is 2. The van der Waals surface area contributed by atoms with Crippen molar-refractivity contribution >= 4 is 33.3 Å². The summed E-state index contributed by atoms with van der Waals surface area (Å²) in [6.07, 6.45) is 0.589. The Labute approximate surface area is 151 Å². The average Bonchev–Trinajstić information content (AvgIpc) is 2.89. The van der Waals surface area contributed by atoms with Crippen molar-refractivity contribution < 1.29 is 23.1 Å². The van der Waals surface area contributed by atoms with E-state index < -0.39 is 16.0 Å². The number of rotatable bonds is 4. The van der Waals surface area contributed by atoms with Gasteiger partial charge in [-0.1, -0.05) is 0 Å². The lowest BCUT2D eigenvalue weighted by molar-refractivity contribution is -0.116. The molecule has 1 aliphatic rings.